The quantitative estimate of drug-likeness (QED) is 0.736. The molecule has 8 heteroatoms. The molecule has 18 heavy (non-hydrogen) atoms. The van der Waals surface area contributed by atoms with Gasteiger partial charge in [0.2, 0.25) is 0 Å². The third-order valence-corrected chi connectivity index (χ3v) is 2.72. The predicted octanol–water partition coefficient (Wildman–Crippen LogP) is 0.917. The fraction of sp³-hybridized carbons (Fsp3) is 0. The van der Waals surface area contributed by atoms with Gasteiger partial charge in [-0.3, -0.25) is 10.3 Å². The Morgan fingerprint density at radius 2 is 2.11 bits per heavy atom. The van der Waals surface area contributed by atoms with Gasteiger partial charge in [0.05, 0.1) is 16.3 Å². The lowest BCUT2D eigenvalue weighted by Gasteiger charge is -2.02. The molecule has 0 aliphatic heterocycles. The van der Waals surface area contributed by atoms with Crippen LogP contribution in [0.3, 0.4) is 0 Å². The highest BCUT2D eigenvalue weighted by molar-refractivity contribution is 6.32. The summed E-state index contributed by atoms with van der Waals surface area (Å²) < 4.78 is 1.57. The predicted molar refractivity (Wildman–Crippen MR) is 65.1 cm³/mol. The van der Waals surface area contributed by atoms with Crippen molar-refractivity contribution in [1.82, 2.24) is 30.4 Å². The van der Waals surface area contributed by atoms with Gasteiger partial charge < -0.3 is 10.8 Å². The zero-order valence-electron chi connectivity index (χ0n) is 9.03. The average molecular weight is 261 g/mol. The second-order valence-electron chi connectivity index (χ2n) is 3.53. The first kappa shape index (κ1) is 10.7. The number of hydrogen-bond donors (Lipinski definition) is 1. The van der Waals surface area contributed by atoms with Gasteiger partial charge in [0, 0.05) is 12.0 Å². The van der Waals surface area contributed by atoms with E-state index >= 15 is 0 Å². The van der Waals surface area contributed by atoms with Gasteiger partial charge in [-0.1, -0.05) is 23.7 Å². The second-order valence-corrected chi connectivity index (χ2v) is 3.93. The van der Waals surface area contributed by atoms with Crippen molar-refractivity contribution in [3.05, 3.63) is 35.5 Å². The topological polar surface area (TPSA) is 96.6 Å². The zero-order valence-corrected chi connectivity index (χ0v) is 9.78. The first-order chi connectivity index (χ1) is 8.75. The van der Waals surface area contributed by atoms with Crippen molar-refractivity contribution >= 4 is 17.4 Å². The molecule has 0 amide bonds. The van der Waals surface area contributed by atoms with Gasteiger partial charge in [-0.25, -0.2) is 4.68 Å². The van der Waals surface area contributed by atoms with Crippen molar-refractivity contribution in [3.63, 3.8) is 0 Å². The van der Waals surface area contributed by atoms with Crippen LogP contribution in [0.5, 0.6) is 0 Å². The van der Waals surface area contributed by atoms with Crippen LogP contribution in [0.15, 0.2) is 30.5 Å². The van der Waals surface area contributed by atoms with E-state index in [1.807, 2.05) is 18.2 Å². The zero-order chi connectivity index (χ0) is 12.5. The lowest BCUT2D eigenvalue weighted by atomic mass is 10.3. The van der Waals surface area contributed by atoms with E-state index in [2.05, 4.69) is 25.7 Å². The molecule has 3 aromatic rings. The van der Waals surface area contributed by atoms with Gasteiger partial charge in [0.25, 0.3) is 0 Å². The number of halogens is 1. The highest BCUT2D eigenvalue weighted by atomic mass is 35.5. The van der Waals surface area contributed by atoms with Crippen LogP contribution in [0.1, 0.15) is 0 Å². The normalized spacial score (nSPS) is 10.7. The van der Waals surface area contributed by atoms with Gasteiger partial charge in [0.1, 0.15) is 0 Å². The maximum Gasteiger partial charge on any atom is 0.154 e. The highest BCUT2D eigenvalue weighted by Crippen LogP contribution is 2.25. The minimum absolute atomic E-state index is 0.296. The fourth-order valence-electron chi connectivity index (χ4n) is 1.57. The molecule has 0 aliphatic rings. The van der Waals surface area contributed by atoms with E-state index in [0.717, 1.165) is 5.69 Å². The molecule has 0 bridgehead atoms. The van der Waals surface area contributed by atoms with Gasteiger partial charge in [-0.2, -0.15) is 5.21 Å². The average Bonchev–Trinajstić information content (AvgIpc) is 2.98. The summed E-state index contributed by atoms with van der Waals surface area (Å²) in [5.41, 5.74) is 7.11. The Morgan fingerprint density at radius 1 is 1.28 bits per heavy atom. The fourth-order valence-corrected chi connectivity index (χ4v) is 1.80. The van der Waals surface area contributed by atoms with E-state index in [4.69, 9.17) is 17.3 Å². The van der Waals surface area contributed by atoms with Crippen LogP contribution in [0, 0.1) is 0 Å². The molecule has 0 unspecified atom stereocenters. The molecule has 0 spiro atoms. The van der Waals surface area contributed by atoms with Crippen molar-refractivity contribution in [2.45, 2.75) is 0 Å². The molecule has 0 aliphatic carbocycles. The summed E-state index contributed by atoms with van der Waals surface area (Å²) in [6.45, 7) is 0. The largest absolute Gasteiger partial charge is 0.382 e. The van der Waals surface area contributed by atoms with E-state index in [1.54, 1.807) is 16.9 Å². The Kier molecular flexibility index (Phi) is 2.45. The van der Waals surface area contributed by atoms with Crippen molar-refractivity contribution in [3.8, 4) is 17.1 Å². The molecule has 2 heterocycles. The summed E-state index contributed by atoms with van der Waals surface area (Å²) in [6, 6.07) is 7.31. The second kappa shape index (κ2) is 4.11. The van der Waals surface area contributed by atoms with Crippen LogP contribution in [0.4, 0.5) is 5.82 Å². The number of nitrogens with two attached hydrogens (primary N) is 1. The molecule has 0 fully saturated rings. The van der Waals surface area contributed by atoms with Crippen LogP contribution in [0.25, 0.3) is 17.1 Å². The van der Waals surface area contributed by atoms with Gasteiger partial charge in [-0.15, -0.1) is 5.10 Å². The molecule has 0 saturated heterocycles. The number of para-hydroxylation sites is 1. The standard InChI is InChI=1S/C10H7ClN7/c11-7-3-1-2-4-8(7)18-5-6(9(12)15-18)10-13-16-17-14-10/h1-5H,(H2-,12,13,14,15,16,17)/q-1. The monoisotopic (exact) mass is 260 g/mol. The Bertz CT molecular complexity index is 673. The summed E-state index contributed by atoms with van der Waals surface area (Å²) in [4.78, 5) is 0. The summed E-state index contributed by atoms with van der Waals surface area (Å²) in [6.07, 6.45) is 1.69. The van der Waals surface area contributed by atoms with Crippen LogP contribution in [0.2, 0.25) is 5.02 Å². The number of nitrogens with zero attached hydrogens (tertiary/aromatic N) is 6. The molecule has 7 nitrogen and oxygen atoms in total. The van der Waals surface area contributed by atoms with E-state index in [0.29, 0.717) is 22.2 Å². The first-order valence-corrected chi connectivity index (χ1v) is 5.42. The third-order valence-electron chi connectivity index (χ3n) is 2.40. The van der Waals surface area contributed by atoms with Crippen LogP contribution in [-0.2, 0) is 0 Å². The molecular formula is C10H7ClN7-. The summed E-state index contributed by atoms with van der Waals surface area (Å²) in [5.74, 6) is 0.635. The summed E-state index contributed by atoms with van der Waals surface area (Å²) in [5, 5.41) is 19.0. The molecule has 2 aromatic heterocycles. The third kappa shape index (κ3) is 1.70. The van der Waals surface area contributed by atoms with E-state index in [9.17, 15) is 0 Å². The Hall–Kier alpha value is -2.41. The van der Waals surface area contributed by atoms with E-state index in [1.165, 1.54) is 0 Å². The molecule has 90 valence electrons. The van der Waals surface area contributed by atoms with Gasteiger partial charge >= 0.3 is 0 Å². The number of nitrogen functional groups attached to an aromatic ring is 1. The van der Waals surface area contributed by atoms with E-state index in [-0.39, 0.29) is 0 Å². The molecular weight excluding hydrogens is 254 g/mol. The van der Waals surface area contributed by atoms with Crippen molar-refractivity contribution in [2.24, 2.45) is 0 Å². The van der Waals surface area contributed by atoms with E-state index < -0.39 is 0 Å². The van der Waals surface area contributed by atoms with Crippen molar-refractivity contribution in [1.29, 1.82) is 0 Å². The van der Waals surface area contributed by atoms with Gasteiger partial charge in [0.15, 0.2) is 5.82 Å². The smallest absolute Gasteiger partial charge is 0.154 e. The lowest BCUT2D eigenvalue weighted by Crippen LogP contribution is -1.96. The number of anilines is 1. The molecule has 1 aromatic carbocycles. The Balaban J connectivity index is 2.11. The number of rotatable bonds is 2. The minimum atomic E-state index is 0.296. The first-order valence-electron chi connectivity index (χ1n) is 5.05. The summed E-state index contributed by atoms with van der Waals surface area (Å²) in [7, 11) is 0. The Morgan fingerprint density at radius 3 is 2.83 bits per heavy atom. The Labute approximate surface area is 107 Å². The van der Waals surface area contributed by atoms with Gasteiger partial charge in [-0.05, 0) is 12.1 Å². The molecule has 0 radical (unpaired) electrons. The number of aromatic nitrogens is 6. The van der Waals surface area contributed by atoms with Crippen LogP contribution in [-0.4, -0.2) is 25.3 Å². The highest BCUT2D eigenvalue weighted by Gasteiger charge is 2.10. The SMILES string of the molecule is Nc1nn(-c2ccccc2Cl)cc1-c1nnn[n-]1. The molecule has 3 rings (SSSR count). The van der Waals surface area contributed by atoms with Crippen LogP contribution < -0.4 is 10.8 Å². The molecule has 0 atom stereocenters. The number of benzene rings is 1. The summed E-state index contributed by atoms with van der Waals surface area (Å²) >= 11 is 6.09. The number of hydrogen-bond acceptors (Lipinski definition) is 5. The van der Waals surface area contributed by atoms with Crippen molar-refractivity contribution in [2.75, 3.05) is 5.73 Å². The molecule has 0 saturated carbocycles. The minimum Gasteiger partial charge on any atom is -0.382 e. The number of tetrazole rings is 1. The molecule has 2 N–H and O–H groups in total. The maximum absolute atomic E-state index is 6.09. The van der Waals surface area contributed by atoms with Crippen molar-refractivity contribution < 1.29 is 0 Å². The maximum atomic E-state index is 6.09. The van der Waals surface area contributed by atoms with Crippen LogP contribution >= 0.6 is 11.6 Å². The lowest BCUT2D eigenvalue weighted by molar-refractivity contribution is 0.871.